The molecule has 0 spiro atoms. The lowest BCUT2D eigenvalue weighted by Crippen LogP contribution is -2.44. The van der Waals surface area contributed by atoms with Crippen LogP contribution in [0.15, 0.2) is 34.4 Å². The van der Waals surface area contributed by atoms with Crippen LogP contribution in [-0.2, 0) is 4.74 Å². The van der Waals surface area contributed by atoms with Gasteiger partial charge in [0.2, 0.25) is 0 Å². The molecule has 0 radical (unpaired) electrons. The second-order valence-electron chi connectivity index (χ2n) is 8.98. The number of nitrogens with one attached hydrogen (secondary N) is 3. The first-order valence-electron chi connectivity index (χ1n) is 11.6. The normalized spacial score (nSPS) is 18.4. The van der Waals surface area contributed by atoms with Crippen molar-refractivity contribution in [3.05, 3.63) is 40.0 Å². The molecule has 0 bridgehead atoms. The molecule has 9 heteroatoms. The Bertz CT molecular complexity index is 1340. The van der Waals surface area contributed by atoms with Gasteiger partial charge in [-0.05, 0) is 49.5 Å². The lowest BCUT2D eigenvalue weighted by Gasteiger charge is -2.34. The summed E-state index contributed by atoms with van der Waals surface area (Å²) in [6, 6.07) is 8.67. The number of aromatic nitrogens is 3. The summed E-state index contributed by atoms with van der Waals surface area (Å²) in [4.78, 5) is 30.2. The van der Waals surface area contributed by atoms with E-state index in [-0.39, 0.29) is 11.6 Å². The summed E-state index contributed by atoms with van der Waals surface area (Å²) in [6.45, 7) is 5.62. The van der Waals surface area contributed by atoms with Crippen molar-refractivity contribution in [1.29, 1.82) is 0 Å². The first kappa shape index (κ1) is 20.7. The second kappa shape index (κ2) is 8.48. The molecule has 3 N–H and O–H groups in total. The molecule has 8 nitrogen and oxygen atoms in total. The molecule has 2 saturated heterocycles. The first-order chi connectivity index (χ1) is 16.2. The van der Waals surface area contributed by atoms with Crippen LogP contribution in [0.3, 0.4) is 0 Å². The van der Waals surface area contributed by atoms with E-state index in [9.17, 15) is 4.79 Å². The Morgan fingerprint density at radius 1 is 1.12 bits per heavy atom. The summed E-state index contributed by atoms with van der Waals surface area (Å²) in [5.74, 6) is 0.601. The van der Waals surface area contributed by atoms with E-state index in [4.69, 9.17) is 9.72 Å². The van der Waals surface area contributed by atoms with Gasteiger partial charge < -0.3 is 29.8 Å². The lowest BCUT2D eigenvalue weighted by molar-refractivity contribution is 0.0905. The number of aromatic amines is 2. The summed E-state index contributed by atoms with van der Waals surface area (Å²) < 4.78 is 5.52. The Labute approximate surface area is 195 Å². The molecule has 33 heavy (non-hydrogen) atoms. The number of likely N-dealkylation sites (N-methyl/N-ethyl adjacent to an activating group) is 1. The van der Waals surface area contributed by atoms with Crippen LogP contribution in [0.5, 0.6) is 0 Å². The summed E-state index contributed by atoms with van der Waals surface area (Å²) in [5.41, 5.74) is 4.31. The maximum absolute atomic E-state index is 13.2. The molecule has 6 rings (SSSR count). The second-order valence-corrected chi connectivity index (χ2v) is 9.89. The molecule has 1 aromatic carbocycles. The summed E-state index contributed by atoms with van der Waals surface area (Å²) in [7, 11) is 2.16. The van der Waals surface area contributed by atoms with Crippen molar-refractivity contribution in [3.8, 4) is 11.4 Å². The van der Waals surface area contributed by atoms with Crippen LogP contribution < -0.4 is 15.8 Å². The topological polar surface area (TPSA) is 89.3 Å². The fourth-order valence-corrected chi connectivity index (χ4v) is 5.60. The van der Waals surface area contributed by atoms with Crippen molar-refractivity contribution in [2.75, 3.05) is 56.7 Å². The van der Waals surface area contributed by atoms with Gasteiger partial charge in [-0.15, -0.1) is 11.3 Å². The molecule has 0 amide bonds. The van der Waals surface area contributed by atoms with Gasteiger partial charge in [-0.2, -0.15) is 0 Å². The molecular weight excluding hydrogens is 436 g/mol. The minimum absolute atomic E-state index is 0.127. The molecule has 2 aliphatic rings. The molecule has 5 heterocycles. The van der Waals surface area contributed by atoms with E-state index in [0.29, 0.717) is 11.4 Å². The number of anilines is 2. The van der Waals surface area contributed by atoms with Gasteiger partial charge in [-0.25, -0.2) is 4.98 Å². The van der Waals surface area contributed by atoms with E-state index in [2.05, 4.69) is 50.3 Å². The van der Waals surface area contributed by atoms with Crippen molar-refractivity contribution >= 4 is 44.0 Å². The van der Waals surface area contributed by atoms with Crippen LogP contribution in [0.1, 0.15) is 12.8 Å². The molecule has 3 aromatic heterocycles. The molecular formula is C24H28N6O2S. The Morgan fingerprint density at radius 2 is 1.94 bits per heavy atom. The fraction of sp³-hybridized carbons (Fsp3) is 0.417. The summed E-state index contributed by atoms with van der Waals surface area (Å²) >= 11 is 1.54. The van der Waals surface area contributed by atoms with Crippen LogP contribution in [0.4, 0.5) is 11.4 Å². The third-order valence-corrected chi connectivity index (χ3v) is 7.61. The Kier molecular flexibility index (Phi) is 5.32. The smallest absolute Gasteiger partial charge is 0.262 e. The number of piperazine rings is 1. The van der Waals surface area contributed by atoms with E-state index < -0.39 is 0 Å². The molecule has 2 fully saturated rings. The minimum Gasteiger partial charge on any atom is -0.381 e. The van der Waals surface area contributed by atoms with Gasteiger partial charge in [0.15, 0.2) is 0 Å². The average molecular weight is 465 g/mol. The van der Waals surface area contributed by atoms with Crippen LogP contribution in [0.25, 0.3) is 32.6 Å². The monoisotopic (exact) mass is 464 g/mol. The fourth-order valence-electron chi connectivity index (χ4n) is 4.82. The number of nitrogens with zero attached hydrogens (tertiary/aromatic N) is 3. The number of thiophene rings is 1. The van der Waals surface area contributed by atoms with Crippen molar-refractivity contribution in [2.45, 2.75) is 18.9 Å². The predicted molar refractivity (Wildman–Crippen MR) is 135 cm³/mol. The predicted octanol–water partition coefficient (Wildman–Crippen LogP) is 3.48. The van der Waals surface area contributed by atoms with Gasteiger partial charge in [0.1, 0.15) is 16.2 Å². The average Bonchev–Trinajstić information content (AvgIpc) is 3.46. The molecule has 0 aliphatic carbocycles. The number of hydrogen-bond acceptors (Lipinski definition) is 7. The minimum atomic E-state index is -0.127. The summed E-state index contributed by atoms with van der Waals surface area (Å²) in [6.07, 6.45) is 1.85. The zero-order valence-corrected chi connectivity index (χ0v) is 19.5. The number of benzene rings is 1. The number of ether oxygens (including phenoxy) is 1. The standard InChI is InChI=1S/C24H28N6O2S/c1-29-7-9-30(10-8-29)16-2-3-18-19(14-16)27-22(26-18)20-21(25-15-4-11-32-12-5-15)17-6-13-33-24(17)28-23(20)31/h2-3,6,13-15H,4-5,7-12H2,1H3,(H,26,27)(H2,25,28,31). The van der Waals surface area contributed by atoms with Crippen LogP contribution in [0, 0.1) is 0 Å². The lowest BCUT2D eigenvalue weighted by atomic mass is 10.1. The zero-order valence-electron chi connectivity index (χ0n) is 18.7. The van der Waals surface area contributed by atoms with Crippen molar-refractivity contribution < 1.29 is 4.74 Å². The third kappa shape index (κ3) is 3.90. The van der Waals surface area contributed by atoms with Gasteiger partial charge in [-0.1, -0.05) is 0 Å². The highest BCUT2D eigenvalue weighted by atomic mass is 32.1. The van der Waals surface area contributed by atoms with Crippen molar-refractivity contribution in [3.63, 3.8) is 0 Å². The highest BCUT2D eigenvalue weighted by Crippen LogP contribution is 2.34. The number of rotatable bonds is 4. The molecule has 4 aromatic rings. The maximum Gasteiger partial charge on any atom is 0.262 e. The highest BCUT2D eigenvalue weighted by Gasteiger charge is 2.23. The van der Waals surface area contributed by atoms with Gasteiger partial charge in [0, 0.05) is 56.5 Å². The molecule has 0 atom stereocenters. The quantitative estimate of drug-likeness (QED) is 0.429. The number of imidazole rings is 1. The number of hydrogen-bond donors (Lipinski definition) is 3. The largest absolute Gasteiger partial charge is 0.381 e. The summed E-state index contributed by atoms with van der Waals surface area (Å²) in [5, 5.41) is 6.71. The maximum atomic E-state index is 13.2. The van der Waals surface area contributed by atoms with E-state index >= 15 is 0 Å². The van der Waals surface area contributed by atoms with E-state index in [1.165, 1.54) is 5.69 Å². The number of pyridine rings is 1. The van der Waals surface area contributed by atoms with Gasteiger partial charge in [0.05, 0.1) is 16.7 Å². The van der Waals surface area contributed by atoms with E-state index in [1.54, 1.807) is 11.3 Å². The van der Waals surface area contributed by atoms with Crippen molar-refractivity contribution in [1.82, 2.24) is 19.9 Å². The van der Waals surface area contributed by atoms with Crippen LogP contribution in [0.2, 0.25) is 0 Å². The van der Waals surface area contributed by atoms with Crippen molar-refractivity contribution in [2.24, 2.45) is 0 Å². The molecule has 0 saturated carbocycles. The Balaban J connectivity index is 1.41. The third-order valence-electron chi connectivity index (χ3n) is 6.78. The zero-order chi connectivity index (χ0) is 22.4. The van der Waals surface area contributed by atoms with E-state index in [1.807, 2.05) is 11.4 Å². The van der Waals surface area contributed by atoms with Gasteiger partial charge in [-0.3, -0.25) is 4.79 Å². The number of H-pyrrole nitrogens is 2. The molecule has 2 aliphatic heterocycles. The first-order valence-corrected chi connectivity index (χ1v) is 12.4. The highest BCUT2D eigenvalue weighted by molar-refractivity contribution is 7.16. The number of fused-ring (bicyclic) bond motifs is 2. The van der Waals surface area contributed by atoms with Crippen LogP contribution >= 0.6 is 11.3 Å². The Morgan fingerprint density at radius 3 is 2.76 bits per heavy atom. The van der Waals surface area contributed by atoms with Gasteiger partial charge >= 0.3 is 0 Å². The Hall–Kier alpha value is -2.88. The van der Waals surface area contributed by atoms with Gasteiger partial charge in [0.25, 0.3) is 5.56 Å². The SMILES string of the molecule is CN1CCN(c2ccc3nc(-c4c(NC5CCOCC5)c5ccsc5[nH]c4=O)[nH]c3c2)CC1. The van der Waals surface area contributed by atoms with E-state index in [0.717, 1.165) is 79.2 Å². The van der Waals surface area contributed by atoms with Crippen LogP contribution in [-0.4, -0.2) is 72.3 Å². The molecule has 172 valence electrons. The molecule has 0 unspecified atom stereocenters.